The van der Waals surface area contributed by atoms with Crippen molar-refractivity contribution in [3.05, 3.63) is 47.2 Å². The summed E-state index contributed by atoms with van der Waals surface area (Å²) >= 11 is 5.83. The normalized spacial score (nSPS) is 11.9. The highest BCUT2D eigenvalue weighted by Crippen LogP contribution is 2.21. The molecule has 100 valence electrons. The van der Waals surface area contributed by atoms with Crippen molar-refractivity contribution in [3.63, 3.8) is 0 Å². The zero-order valence-corrected chi connectivity index (χ0v) is 11.4. The van der Waals surface area contributed by atoms with Crippen LogP contribution in [0.2, 0.25) is 5.02 Å². The van der Waals surface area contributed by atoms with Crippen LogP contribution in [0.15, 0.2) is 36.7 Å². The lowest BCUT2D eigenvalue weighted by Crippen LogP contribution is -2.21. The molecular weight excluding hydrogens is 266 g/mol. The second kappa shape index (κ2) is 5.75. The van der Waals surface area contributed by atoms with E-state index in [2.05, 4.69) is 10.4 Å². The van der Waals surface area contributed by atoms with E-state index < -0.39 is 6.04 Å². The van der Waals surface area contributed by atoms with Gasteiger partial charge in [0.25, 0.3) is 0 Å². The Morgan fingerprint density at radius 1 is 1.42 bits per heavy atom. The predicted molar refractivity (Wildman–Crippen MR) is 73.0 cm³/mol. The molecule has 1 N–H and O–H groups in total. The number of nitrogens with zero attached hydrogens (tertiary/aromatic N) is 2. The molecule has 0 aliphatic rings. The lowest BCUT2D eigenvalue weighted by Gasteiger charge is -2.16. The molecule has 1 atom stereocenters. The van der Waals surface area contributed by atoms with Crippen LogP contribution in [0, 0.1) is 0 Å². The summed E-state index contributed by atoms with van der Waals surface area (Å²) in [5.74, 6) is -0.372. The average Bonchev–Trinajstić information content (AvgIpc) is 2.83. The van der Waals surface area contributed by atoms with E-state index >= 15 is 0 Å². The lowest BCUT2D eigenvalue weighted by atomic mass is 10.1. The highest BCUT2D eigenvalue weighted by atomic mass is 35.5. The molecule has 1 aromatic carbocycles. The van der Waals surface area contributed by atoms with Crippen molar-refractivity contribution in [1.29, 1.82) is 0 Å². The third-order valence-electron chi connectivity index (χ3n) is 2.65. The van der Waals surface area contributed by atoms with Gasteiger partial charge in [-0.3, -0.25) is 4.68 Å². The first-order valence-electron chi connectivity index (χ1n) is 5.68. The van der Waals surface area contributed by atoms with E-state index in [-0.39, 0.29) is 5.97 Å². The second-order valence-corrected chi connectivity index (χ2v) is 4.49. The van der Waals surface area contributed by atoms with Gasteiger partial charge in [0.15, 0.2) is 6.04 Å². The molecule has 5 nitrogen and oxygen atoms in total. The number of aromatic nitrogens is 2. The number of hydrogen-bond acceptors (Lipinski definition) is 4. The third kappa shape index (κ3) is 3.26. The summed E-state index contributed by atoms with van der Waals surface area (Å²) in [6, 6.07) is 6.51. The number of halogens is 1. The third-order valence-corrected chi connectivity index (χ3v) is 2.90. The highest BCUT2D eigenvalue weighted by Gasteiger charge is 2.22. The molecule has 2 aromatic rings. The van der Waals surface area contributed by atoms with Crippen LogP contribution in [-0.4, -0.2) is 22.9 Å². The van der Waals surface area contributed by atoms with Gasteiger partial charge in [0.1, 0.15) is 0 Å². The molecule has 0 aliphatic heterocycles. The molecule has 0 saturated heterocycles. The summed E-state index contributed by atoms with van der Waals surface area (Å²) in [5.41, 5.74) is 1.52. The SMILES string of the molecule is COC(=O)C(Nc1ccc(Cl)cc1)c1cnn(C)c1. The van der Waals surface area contributed by atoms with Gasteiger partial charge in [-0.2, -0.15) is 5.10 Å². The maximum Gasteiger partial charge on any atom is 0.333 e. The van der Waals surface area contributed by atoms with Crippen molar-refractivity contribution in [1.82, 2.24) is 9.78 Å². The van der Waals surface area contributed by atoms with E-state index in [4.69, 9.17) is 16.3 Å². The minimum Gasteiger partial charge on any atom is -0.467 e. The number of aryl methyl sites for hydroxylation is 1. The molecule has 0 saturated carbocycles. The Hall–Kier alpha value is -2.01. The zero-order valence-electron chi connectivity index (χ0n) is 10.6. The molecule has 0 fully saturated rings. The van der Waals surface area contributed by atoms with E-state index in [1.54, 1.807) is 48.4 Å². The van der Waals surface area contributed by atoms with Crippen molar-refractivity contribution in [2.24, 2.45) is 7.05 Å². The van der Waals surface area contributed by atoms with Crippen molar-refractivity contribution in [2.45, 2.75) is 6.04 Å². The zero-order chi connectivity index (χ0) is 13.8. The Balaban J connectivity index is 2.23. The summed E-state index contributed by atoms with van der Waals surface area (Å²) in [6.07, 6.45) is 3.40. The minimum atomic E-state index is -0.597. The van der Waals surface area contributed by atoms with Crippen LogP contribution in [0.4, 0.5) is 5.69 Å². The predicted octanol–water partition coefficient (Wildman–Crippen LogP) is 2.40. The molecule has 6 heteroatoms. The number of methoxy groups -OCH3 is 1. The summed E-state index contributed by atoms with van der Waals surface area (Å²) in [4.78, 5) is 11.8. The van der Waals surface area contributed by atoms with Crippen molar-refractivity contribution in [2.75, 3.05) is 12.4 Å². The number of ether oxygens (including phenoxy) is 1. The Kier molecular flexibility index (Phi) is 4.06. The first kappa shape index (κ1) is 13.4. The van der Waals surface area contributed by atoms with Gasteiger partial charge in [0.2, 0.25) is 0 Å². The lowest BCUT2D eigenvalue weighted by molar-refractivity contribution is -0.141. The Bertz CT molecular complexity index is 566. The standard InChI is InChI=1S/C13H14ClN3O2/c1-17-8-9(7-15-17)12(13(18)19-2)16-11-5-3-10(14)4-6-11/h3-8,12,16H,1-2H3. The van der Waals surface area contributed by atoms with Gasteiger partial charge in [-0.15, -0.1) is 0 Å². The molecule has 0 bridgehead atoms. The number of rotatable bonds is 4. The van der Waals surface area contributed by atoms with E-state index in [9.17, 15) is 4.79 Å². The summed E-state index contributed by atoms with van der Waals surface area (Å²) < 4.78 is 6.44. The molecule has 19 heavy (non-hydrogen) atoms. The van der Waals surface area contributed by atoms with Crippen molar-refractivity contribution in [3.8, 4) is 0 Å². The van der Waals surface area contributed by atoms with Crippen molar-refractivity contribution >= 4 is 23.3 Å². The van der Waals surface area contributed by atoms with E-state index in [0.29, 0.717) is 5.02 Å². The largest absolute Gasteiger partial charge is 0.467 e. The number of anilines is 1. The van der Waals surface area contributed by atoms with Crippen LogP contribution in [0.1, 0.15) is 11.6 Å². The Morgan fingerprint density at radius 3 is 2.63 bits per heavy atom. The fourth-order valence-electron chi connectivity index (χ4n) is 1.70. The minimum absolute atomic E-state index is 0.372. The van der Waals surface area contributed by atoms with Gasteiger partial charge in [-0.1, -0.05) is 11.6 Å². The van der Waals surface area contributed by atoms with Gasteiger partial charge in [-0.05, 0) is 24.3 Å². The summed E-state index contributed by atoms with van der Waals surface area (Å²) in [7, 11) is 3.15. The van der Waals surface area contributed by atoms with Gasteiger partial charge < -0.3 is 10.1 Å². The quantitative estimate of drug-likeness (QED) is 0.873. The first-order chi connectivity index (χ1) is 9.10. The van der Waals surface area contributed by atoms with E-state index in [1.807, 2.05) is 0 Å². The van der Waals surface area contributed by atoms with Crippen LogP contribution >= 0.6 is 11.6 Å². The van der Waals surface area contributed by atoms with Crippen LogP contribution < -0.4 is 5.32 Å². The molecule has 1 heterocycles. The monoisotopic (exact) mass is 279 g/mol. The number of esters is 1. The van der Waals surface area contributed by atoms with E-state index in [1.165, 1.54) is 7.11 Å². The van der Waals surface area contributed by atoms with Gasteiger partial charge in [0, 0.05) is 29.5 Å². The van der Waals surface area contributed by atoms with Crippen molar-refractivity contribution < 1.29 is 9.53 Å². The number of benzene rings is 1. The molecule has 0 radical (unpaired) electrons. The van der Waals surface area contributed by atoms with Crippen LogP contribution in [0.25, 0.3) is 0 Å². The van der Waals surface area contributed by atoms with Gasteiger partial charge in [0.05, 0.1) is 13.3 Å². The number of carbonyl (C=O) groups excluding carboxylic acids is 1. The fraction of sp³-hybridized carbons (Fsp3) is 0.231. The molecule has 1 aromatic heterocycles. The first-order valence-corrected chi connectivity index (χ1v) is 6.06. The molecular formula is C13H14ClN3O2. The Labute approximate surface area is 116 Å². The molecule has 0 amide bonds. The number of nitrogens with one attached hydrogen (secondary N) is 1. The topological polar surface area (TPSA) is 56.1 Å². The Morgan fingerprint density at radius 2 is 2.11 bits per heavy atom. The van der Waals surface area contributed by atoms with Crippen LogP contribution in [0.5, 0.6) is 0 Å². The highest BCUT2D eigenvalue weighted by molar-refractivity contribution is 6.30. The smallest absolute Gasteiger partial charge is 0.333 e. The van der Waals surface area contributed by atoms with Crippen LogP contribution in [0.3, 0.4) is 0 Å². The summed E-state index contributed by atoms with van der Waals surface area (Å²) in [5, 5.41) is 7.80. The van der Waals surface area contributed by atoms with Gasteiger partial charge >= 0.3 is 5.97 Å². The number of carbonyl (C=O) groups is 1. The summed E-state index contributed by atoms with van der Waals surface area (Å²) in [6.45, 7) is 0. The molecule has 2 rings (SSSR count). The molecule has 1 unspecified atom stereocenters. The molecule has 0 spiro atoms. The van der Waals surface area contributed by atoms with E-state index in [0.717, 1.165) is 11.3 Å². The second-order valence-electron chi connectivity index (χ2n) is 4.05. The maximum absolute atomic E-state index is 11.8. The van der Waals surface area contributed by atoms with Gasteiger partial charge in [-0.25, -0.2) is 4.79 Å². The fourth-order valence-corrected chi connectivity index (χ4v) is 1.82. The molecule has 0 aliphatic carbocycles. The number of hydrogen-bond donors (Lipinski definition) is 1. The maximum atomic E-state index is 11.8. The average molecular weight is 280 g/mol. The van der Waals surface area contributed by atoms with Crippen LogP contribution in [-0.2, 0) is 16.6 Å².